The second-order valence-electron chi connectivity index (χ2n) is 3.46. The molecule has 0 rings (SSSR count). The van der Waals surface area contributed by atoms with Crippen LogP contribution in [0.25, 0.3) is 0 Å². The molecule has 17 heavy (non-hydrogen) atoms. The summed E-state index contributed by atoms with van der Waals surface area (Å²) in [6.45, 7) is 4.80. The SMILES string of the molecule is C=C/C=C\C(N)=C(/C)P(=O)(O)C[C@H](N)C(=O)O. The van der Waals surface area contributed by atoms with Crippen molar-refractivity contribution in [2.75, 3.05) is 6.16 Å². The Kier molecular flexibility index (Phi) is 5.88. The topological polar surface area (TPSA) is 127 Å². The van der Waals surface area contributed by atoms with Gasteiger partial charge in [0.05, 0.1) is 6.16 Å². The lowest BCUT2D eigenvalue weighted by molar-refractivity contribution is -0.138. The van der Waals surface area contributed by atoms with Gasteiger partial charge in [-0.05, 0) is 13.0 Å². The maximum atomic E-state index is 11.8. The number of nitrogens with two attached hydrogens (primary N) is 2. The Bertz CT molecular complexity index is 415. The van der Waals surface area contributed by atoms with E-state index >= 15 is 0 Å². The van der Waals surface area contributed by atoms with Crippen LogP contribution in [-0.4, -0.2) is 28.2 Å². The van der Waals surface area contributed by atoms with Crippen molar-refractivity contribution in [1.82, 2.24) is 0 Å². The lowest BCUT2D eigenvalue weighted by Crippen LogP contribution is -2.33. The Hall–Kier alpha value is -1.36. The van der Waals surface area contributed by atoms with Crippen molar-refractivity contribution in [1.29, 1.82) is 0 Å². The molecule has 0 fully saturated rings. The molecule has 0 spiro atoms. The zero-order chi connectivity index (χ0) is 13.6. The summed E-state index contributed by atoms with van der Waals surface area (Å²) >= 11 is 0. The molecular weight excluding hydrogens is 243 g/mol. The summed E-state index contributed by atoms with van der Waals surface area (Å²) in [7, 11) is -3.83. The molecule has 0 aliphatic carbocycles. The minimum absolute atomic E-state index is 0.0345. The smallest absolute Gasteiger partial charge is 0.321 e. The number of carboxylic acids is 1. The van der Waals surface area contributed by atoms with Crippen molar-refractivity contribution in [2.45, 2.75) is 13.0 Å². The van der Waals surface area contributed by atoms with Gasteiger partial charge in [-0.1, -0.05) is 18.7 Å². The Morgan fingerprint density at radius 1 is 1.59 bits per heavy atom. The molecule has 0 aromatic rings. The first-order valence-corrected chi connectivity index (χ1v) is 6.63. The van der Waals surface area contributed by atoms with Gasteiger partial charge in [0.15, 0.2) is 0 Å². The Morgan fingerprint density at radius 2 is 2.12 bits per heavy atom. The van der Waals surface area contributed by atoms with E-state index in [0.29, 0.717) is 0 Å². The highest BCUT2D eigenvalue weighted by atomic mass is 31.2. The number of aliphatic carboxylic acids is 1. The van der Waals surface area contributed by atoms with Crippen molar-refractivity contribution >= 4 is 13.3 Å². The Labute approximate surface area is 99.8 Å². The summed E-state index contributed by atoms with van der Waals surface area (Å²) in [6.07, 6.45) is 3.84. The fraction of sp³-hybridized carbons (Fsp3) is 0.300. The van der Waals surface area contributed by atoms with E-state index in [0.717, 1.165) is 0 Å². The lowest BCUT2D eigenvalue weighted by Gasteiger charge is -2.15. The summed E-state index contributed by atoms with van der Waals surface area (Å²) in [4.78, 5) is 20.2. The average molecular weight is 260 g/mol. The molecule has 0 aromatic heterocycles. The van der Waals surface area contributed by atoms with Gasteiger partial charge in [-0.25, -0.2) is 0 Å². The Morgan fingerprint density at radius 3 is 2.53 bits per heavy atom. The van der Waals surface area contributed by atoms with Crippen LogP contribution < -0.4 is 11.5 Å². The lowest BCUT2D eigenvalue weighted by atomic mass is 10.3. The standard InChI is InChI=1S/C10H17N2O4P/c1-3-4-5-8(11)7(2)17(15,16)6-9(12)10(13)14/h3-5,9H,1,6,11-12H2,2H3,(H,13,14)(H,15,16)/b5-4-,8-7-/t9-/m0/s1. The highest BCUT2D eigenvalue weighted by molar-refractivity contribution is 7.62. The van der Waals surface area contributed by atoms with Crippen LogP contribution >= 0.6 is 7.37 Å². The van der Waals surface area contributed by atoms with E-state index < -0.39 is 25.5 Å². The van der Waals surface area contributed by atoms with Crippen LogP contribution in [0.4, 0.5) is 0 Å². The third kappa shape index (κ3) is 4.99. The summed E-state index contributed by atoms with van der Waals surface area (Å²) in [6, 6.07) is -1.39. The van der Waals surface area contributed by atoms with Crippen molar-refractivity contribution in [3.8, 4) is 0 Å². The van der Waals surface area contributed by atoms with Gasteiger partial charge in [-0.2, -0.15) is 0 Å². The van der Waals surface area contributed by atoms with E-state index in [9.17, 15) is 14.3 Å². The van der Waals surface area contributed by atoms with Gasteiger partial charge in [-0.15, -0.1) is 0 Å². The van der Waals surface area contributed by atoms with Crippen LogP contribution in [0.5, 0.6) is 0 Å². The predicted molar refractivity (Wildman–Crippen MR) is 66.5 cm³/mol. The minimum atomic E-state index is -3.83. The van der Waals surface area contributed by atoms with E-state index in [1.807, 2.05) is 0 Å². The average Bonchev–Trinajstić information content (AvgIpc) is 2.23. The quantitative estimate of drug-likeness (QED) is 0.409. The first-order chi connectivity index (χ1) is 7.72. The third-order valence-electron chi connectivity index (χ3n) is 2.12. The molecule has 0 aromatic carbocycles. The molecule has 2 atom stereocenters. The number of carbonyl (C=O) groups is 1. The number of rotatable bonds is 6. The maximum Gasteiger partial charge on any atom is 0.321 e. The second kappa shape index (κ2) is 6.39. The first-order valence-electron chi connectivity index (χ1n) is 4.78. The van der Waals surface area contributed by atoms with Gasteiger partial charge in [-0.3, -0.25) is 9.36 Å². The highest BCUT2D eigenvalue weighted by Gasteiger charge is 2.28. The minimum Gasteiger partial charge on any atom is -0.480 e. The van der Waals surface area contributed by atoms with Gasteiger partial charge in [0.25, 0.3) is 0 Å². The van der Waals surface area contributed by atoms with E-state index in [-0.39, 0.29) is 11.0 Å². The molecule has 6 N–H and O–H groups in total. The number of allylic oxidation sites excluding steroid dienone is 4. The molecule has 0 saturated heterocycles. The van der Waals surface area contributed by atoms with Crippen molar-refractivity contribution in [3.63, 3.8) is 0 Å². The fourth-order valence-electron chi connectivity index (χ4n) is 0.976. The van der Waals surface area contributed by atoms with Crippen molar-refractivity contribution in [3.05, 3.63) is 35.8 Å². The van der Waals surface area contributed by atoms with E-state index in [1.165, 1.54) is 25.2 Å². The van der Waals surface area contributed by atoms with Crippen LogP contribution in [0, 0.1) is 0 Å². The number of hydrogen-bond donors (Lipinski definition) is 4. The summed E-state index contributed by atoms with van der Waals surface area (Å²) in [5.74, 6) is -1.33. The molecule has 0 saturated carbocycles. The van der Waals surface area contributed by atoms with E-state index in [4.69, 9.17) is 16.6 Å². The van der Waals surface area contributed by atoms with Crippen molar-refractivity contribution < 1.29 is 19.4 Å². The second-order valence-corrected chi connectivity index (χ2v) is 5.90. The third-order valence-corrected chi connectivity index (χ3v) is 4.31. The zero-order valence-corrected chi connectivity index (χ0v) is 10.4. The molecule has 0 aliphatic heterocycles. The normalized spacial score (nSPS) is 18.3. The van der Waals surface area contributed by atoms with E-state index in [1.54, 1.807) is 0 Å². The van der Waals surface area contributed by atoms with Crippen molar-refractivity contribution in [2.24, 2.45) is 11.5 Å². The van der Waals surface area contributed by atoms with Crippen LogP contribution in [-0.2, 0) is 9.36 Å². The maximum absolute atomic E-state index is 11.8. The molecule has 96 valence electrons. The van der Waals surface area contributed by atoms with Crippen LogP contribution in [0.1, 0.15) is 6.92 Å². The van der Waals surface area contributed by atoms with Crippen LogP contribution in [0.15, 0.2) is 35.8 Å². The molecule has 7 heteroatoms. The number of carboxylic acid groups (broad SMARTS) is 1. The van der Waals surface area contributed by atoms with Gasteiger partial charge in [0.1, 0.15) is 6.04 Å². The largest absolute Gasteiger partial charge is 0.480 e. The molecule has 0 amide bonds. The summed E-state index contributed by atoms with van der Waals surface area (Å²) in [5, 5.41) is 8.61. The van der Waals surface area contributed by atoms with Gasteiger partial charge in [0.2, 0.25) is 7.37 Å². The van der Waals surface area contributed by atoms with Gasteiger partial charge >= 0.3 is 5.97 Å². The Balaban J connectivity index is 5.05. The molecule has 0 bridgehead atoms. The monoisotopic (exact) mass is 260 g/mol. The van der Waals surface area contributed by atoms with E-state index in [2.05, 4.69) is 6.58 Å². The molecule has 0 aliphatic rings. The predicted octanol–water partition coefficient (Wildman–Crippen LogP) is 0.601. The summed E-state index contributed by atoms with van der Waals surface area (Å²) < 4.78 is 11.8. The van der Waals surface area contributed by atoms with Crippen LogP contribution in [0.2, 0.25) is 0 Å². The molecule has 0 radical (unpaired) electrons. The van der Waals surface area contributed by atoms with Gasteiger partial charge in [0, 0.05) is 11.0 Å². The fourth-order valence-corrected chi connectivity index (χ4v) is 2.42. The molecule has 0 heterocycles. The molecule has 1 unspecified atom stereocenters. The first kappa shape index (κ1) is 15.6. The van der Waals surface area contributed by atoms with Gasteiger partial charge < -0.3 is 21.5 Å². The highest BCUT2D eigenvalue weighted by Crippen LogP contribution is 2.50. The molecule has 6 nitrogen and oxygen atoms in total. The summed E-state index contributed by atoms with van der Waals surface area (Å²) in [5.41, 5.74) is 10.9. The van der Waals surface area contributed by atoms with Crippen LogP contribution in [0.3, 0.4) is 0 Å². The number of hydrogen-bond acceptors (Lipinski definition) is 4. The zero-order valence-electron chi connectivity index (χ0n) is 9.54. The molecular formula is C10H17N2O4P.